The van der Waals surface area contributed by atoms with Crippen LogP contribution in [0.4, 0.5) is 5.69 Å². The third kappa shape index (κ3) is 1.91. The van der Waals surface area contributed by atoms with Crippen molar-refractivity contribution >= 4 is 5.69 Å². The average molecular weight is 216 g/mol. The summed E-state index contributed by atoms with van der Waals surface area (Å²) < 4.78 is 1.80. The monoisotopic (exact) mass is 216 g/mol. The van der Waals surface area contributed by atoms with Gasteiger partial charge >= 0.3 is 0 Å². The van der Waals surface area contributed by atoms with E-state index in [2.05, 4.69) is 23.9 Å². The lowest BCUT2D eigenvalue weighted by Crippen LogP contribution is -1.95. The number of nitrogen functional groups attached to an aromatic ring is 1. The number of nitrogens with zero attached hydrogens (tertiary/aromatic N) is 3. The normalized spacial score (nSPS) is 11.0. The van der Waals surface area contributed by atoms with Crippen LogP contribution in [-0.2, 0) is 7.05 Å². The Kier molecular flexibility index (Phi) is 2.64. The molecule has 0 saturated carbocycles. The first-order chi connectivity index (χ1) is 7.58. The SMILES string of the molecule is CC(C)c1nc(-c2cccc(N)c2)n(C)n1. The van der Waals surface area contributed by atoms with E-state index in [-0.39, 0.29) is 0 Å². The number of hydrogen-bond donors (Lipinski definition) is 1. The average Bonchev–Trinajstić information content (AvgIpc) is 2.60. The molecule has 2 N–H and O–H groups in total. The van der Waals surface area contributed by atoms with E-state index in [1.54, 1.807) is 4.68 Å². The quantitative estimate of drug-likeness (QED) is 0.783. The summed E-state index contributed by atoms with van der Waals surface area (Å²) in [6.45, 7) is 4.16. The number of aryl methyl sites for hydroxylation is 1. The van der Waals surface area contributed by atoms with Gasteiger partial charge in [-0.1, -0.05) is 26.0 Å². The Labute approximate surface area is 95.1 Å². The molecule has 0 atom stereocenters. The van der Waals surface area contributed by atoms with Crippen molar-refractivity contribution in [1.29, 1.82) is 0 Å². The molecular formula is C12H16N4. The molecule has 1 aromatic carbocycles. The lowest BCUT2D eigenvalue weighted by molar-refractivity contribution is 0.712. The van der Waals surface area contributed by atoms with Crippen molar-refractivity contribution in [3.63, 3.8) is 0 Å². The Morgan fingerprint density at radius 3 is 2.62 bits per heavy atom. The van der Waals surface area contributed by atoms with E-state index in [4.69, 9.17) is 5.73 Å². The van der Waals surface area contributed by atoms with Crippen LogP contribution in [0.2, 0.25) is 0 Å². The predicted octanol–water partition coefficient (Wildman–Crippen LogP) is 2.19. The molecule has 0 amide bonds. The van der Waals surface area contributed by atoms with Gasteiger partial charge in [0.2, 0.25) is 0 Å². The summed E-state index contributed by atoms with van der Waals surface area (Å²) in [5.74, 6) is 2.05. The number of hydrogen-bond acceptors (Lipinski definition) is 3. The van der Waals surface area contributed by atoms with E-state index in [1.165, 1.54) is 0 Å². The Morgan fingerprint density at radius 1 is 1.31 bits per heavy atom. The molecule has 2 rings (SSSR count). The van der Waals surface area contributed by atoms with E-state index in [9.17, 15) is 0 Å². The van der Waals surface area contributed by atoms with E-state index in [0.717, 1.165) is 22.9 Å². The van der Waals surface area contributed by atoms with Gasteiger partial charge in [-0.25, -0.2) is 9.67 Å². The predicted molar refractivity (Wildman–Crippen MR) is 64.9 cm³/mol. The smallest absolute Gasteiger partial charge is 0.158 e. The fraction of sp³-hybridized carbons (Fsp3) is 0.333. The van der Waals surface area contributed by atoms with Crippen molar-refractivity contribution in [1.82, 2.24) is 14.8 Å². The van der Waals surface area contributed by atoms with E-state index in [1.807, 2.05) is 31.3 Å². The molecule has 0 saturated heterocycles. The molecule has 0 fully saturated rings. The van der Waals surface area contributed by atoms with Crippen molar-refractivity contribution in [2.24, 2.45) is 7.05 Å². The van der Waals surface area contributed by atoms with Crippen molar-refractivity contribution in [3.05, 3.63) is 30.1 Å². The van der Waals surface area contributed by atoms with Gasteiger partial charge in [0.15, 0.2) is 11.6 Å². The standard InChI is InChI=1S/C12H16N4/c1-8(2)11-14-12(16(3)15-11)9-5-4-6-10(13)7-9/h4-8H,13H2,1-3H3. The van der Waals surface area contributed by atoms with Crippen LogP contribution in [0, 0.1) is 0 Å². The van der Waals surface area contributed by atoms with Crippen molar-refractivity contribution in [3.8, 4) is 11.4 Å². The maximum absolute atomic E-state index is 5.76. The third-order valence-corrected chi connectivity index (χ3v) is 2.44. The molecule has 84 valence electrons. The van der Waals surface area contributed by atoms with Crippen molar-refractivity contribution < 1.29 is 0 Å². The number of aromatic nitrogens is 3. The summed E-state index contributed by atoms with van der Waals surface area (Å²) in [5, 5.41) is 4.38. The zero-order valence-corrected chi connectivity index (χ0v) is 9.81. The van der Waals surface area contributed by atoms with E-state index >= 15 is 0 Å². The molecule has 4 nitrogen and oxygen atoms in total. The molecule has 16 heavy (non-hydrogen) atoms. The van der Waals surface area contributed by atoms with Crippen molar-refractivity contribution in [2.75, 3.05) is 5.73 Å². The number of anilines is 1. The molecule has 4 heteroatoms. The van der Waals surface area contributed by atoms with Crippen LogP contribution in [0.25, 0.3) is 11.4 Å². The molecule has 0 aliphatic rings. The topological polar surface area (TPSA) is 56.7 Å². The molecule has 0 bridgehead atoms. The van der Waals surface area contributed by atoms with Gasteiger partial charge in [-0.15, -0.1) is 0 Å². The van der Waals surface area contributed by atoms with E-state index in [0.29, 0.717) is 5.92 Å². The first-order valence-corrected chi connectivity index (χ1v) is 5.35. The molecule has 1 heterocycles. The second kappa shape index (κ2) is 3.96. The van der Waals surface area contributed by atoms with Crippen molar-refractivity contribution in [2.45, 2.75) is 19.8 Å². The van der Waals surface area contributed by atoms with Gasteiger partial charge in [-0.2, -0.15) is 5.10 Å². The third-order valence-electron chi connectivity index (χ3n) is 2.44. The van der Waals surface area contributed by atoms with Crippen LogP contribution in [0.3, 0.4) is 0 Å². The van der Waals surface area contributed by atoms with Gasteiger partial charge in [0.1, 0.15) is 0 Å². The van der Waals surface area contributed by atoms with Crippen LogP contribution < -0.4 is 5.73 Å². The summed E-state index contributed by atoms with van der Waals surface area (Å²) >= 11 is 0. The maximum Gasteiger partial charge on any atom is 0.158 e. The Morgan fingerprint density at radius 2 is 2.06 bits per heavy atom. The molecule has 0 spiro atoms. The van der Waals surface area contributed by atoms with Gasteiger partial charge in [0.05, 0.1) is 0 Å². The summed E-state index contributed by atoms with van der Waals surface area (Å²) in [5.41, 5.74) is 7.50. The number of benzene rings is 1. The largest absolute Gasteiger partial charge is 0.399 e. The van der Waals surface area contributed by atoms with Gasteiger partial charge in [-0.3, -0.25) is 0 Å². The molecule has 0 aliphatic carbocycles. The summed E-state index contributed by atoms with van der Waals surface area (Å²) in [6.07, 6.45) is 0. The molecule has 2 aromatic rings. The highest BCUT2D eigenvalue weighted by molar-refractivity contribution is 5.61. The zero-order valence-electron chi connectivity index (χ0n) is 9.81. The fourth-order valence-electron chi connectivity index (χ4n) is 1.58. The summed E-state index contributed by atoms with van der Waals surface area (Å²) in [4.78, 5) is 4.52. The maximum atomic E-state index is 5.76. The highest BCUT2D eigenvalue weighted by Crippen LogP contribution is 2.21. The Bertz CT molecular complexity index is 499. The van der Waals surface area contributed by atoms with Crippen LogP contribution in [-0.4, -0.2) is 14.8 Å². The number of rotatable bonds is 2. The minimum absolute atomic E-state index is 0.334. The van der Waals surface area contributed by atoms with Gasteiger partial charge in [0.25, 0.3) is 0 Å². The van der Waals surface area contributed by atoms with Gasteiger partial charge in [-0.05, 0) is 12.1 Å². The summed E-state index contributed by atoms with van der Waals surface area (Å²) in [6, 6.07) is 7.69. The molecule has 0 aliphatic heterocycles. The van der Waals surface area contributed by atoms with Crippen LogP contribution in [0.15, 0.2) is 24.3 Å². The summed E-state index contributed by atoms with van der Waals surface area (Å²) in [7, 11) is 1.90. The minimum Gasteiger partial charge on any atom is -0.399 e. The lowest BCUT2D eigenvalue weighted by atomic mass is 10.2. The molecule has 0 radical (unpaired) electrons. The second-order valence-corrected chi connectivity index (χ2v) is 4.20. The van der Waals surface area contributed by atoms with Gasteiger partial charge in [0, 0.05) is 24.2 Å². The van der Waals surface area contributed by atoms with Gasteiger partial charge < -0.3 is 5.73 Å². The second-order valence-electron chi connectivity index (χ2n) is 4.20. The Balaban J connectivity index is 2.48. The molecular weight excluding hydrogens is 200 g/mol. The fourth-order valence-corrected chi connectivity index (χ4v) is 1.58. The van der Waals surface area contributed by atoms with Crippen LogP contribution in [0.1, 0.15) is 25.6 Å². The zero-order chi connectivity index (χ0) is 11.7. The lowest BCUT2D eigenvalue weighted by Gasteiger charge is -2.00. The van der Waals surface area contributed by atoms with E-state index < -0.39 is 0 Å². The van der Waals surface area contributed by atoms with Crippen LogP contribution >= 0.6 is 0 Å². The first-order valence-electron chi connectivity index (χ1n) is 5.35. The highest BCUT2D eigenvalue weighted by atomic mass is 15.3. The highest BCUT2D eigenvalue weighted by Gasteiger charge is 2.11. The molecule has 1 aromatic heterocycles. The first kappa shape index (κ1) is 10.7. The minimum atomic E-state index is 0.334. The number of nitrogens with two attached hydrogens (primary N) is 1. The van der Waals surface area contributed by atoms with Crippen LogP contribution in [0.5, 0.6) is 0 Å². The molecule has 0 unspecified atom stereocenters. The Hall–Kier alpha value is -1.84.